The lowest BCUT2D eigenvalue weighted by Gasteiger charge is -2.23. The Morgan fingerprint density at radius 2 is 2.06 bits per heavy atom. The molecule has 7 heteroatoms. The average Bonchev–Trinajstić information content (AvgIpc) is 3.44. The van der Waals surface area contributed by atoms with Gasteiger partial charge in [0, 0.05) is 33.9 Å². The molecule has 1 amide bonds. The van der Waals surface area contributed by atoms with Gasteiger partial charge in [-0.25, -0.2) is 0 Å². The minimum atomic E-state index is -0.137. The van der Waals surface area contributed by atoms with Gasteiger partial charge in [0.2, 0.25) is 0 Å². The maximum atomic E-state index is 13.0. The summed E-state index contributed by atoms with van der Waals surface area (Å²) in [6.07, 6.45) is 3.02. The highest BCUT2D eigenvalue weighted by Gasteiger charge is 2.27. The lowest BCUT2D eigenvalue weighted by atomic mass is 9.91. The molecule has 31 heavy (non-hydrogen) atoms. The molecule has 0 unspecified atom stereocenters. The zero-order valence-electron chi connectivity index (χ0n) is 18.4. The SMILES string of the molecule is Cc1nn(C(C)C)c(C)c1-c1cc(C(=O)N[C@@H]2CCCc3c2[nH]c2ccccc32)[nH]n1. The first-order valence-electron chi connectivity index (χ1n) is 11.0. The number of para-hydroxylation sites is 1. The van der Waals surface area contributed by atoms with Crippen molar-refractivity contribution in [1.29, 1.82) is 0 Å². The standard InChI is InChI=1S/C24H28N6O/c1-13(2)30-15(4)22(14(3)29-30)20-12-21(28-27-20)24(31)26-19-11-7-9-17-16-8-5-6-10-18(16)25-23(17)19/h5-6,8,10,12-13,19,25H,7,9,11H2,1-4H3,(H,26,31)(H,27,28)/t19-/m1/s1. The molecule has 1 aliphatic rings. The van der Waals surface area contributed by atoms with Gasteiger partial charge in [0.1, 0.15) is 5.69 Å². The van der Waals surface area contributed by atoms with Gasteiger partial charge in [-0.1, -0.05) is 18.2 Å². The summed E-state index contributed by atoms with van der Waals surface area (Å²) in [5, 5.41) is 16.5. The molecule has 0 saturated heterocycles. The van der Waals surface area contributed by atoms with Gasteiger partial charge in [-0.05, 0) is 64.7 Å². The van der Waals surface area contributed by atoms with Crippen molar-refractivity contribution in [1.82, 2.24) is 30.3 Å². The summed E-state index contributed by atoms with van der Waals surface area (Å²) in [5.41, 5.74) is 7.76. The minimum Gasteiger partial charge on any atom is -0.356 e. The van der Waals surface area contributed by atoms with E-state index in [-0.39, 0.29) is 18.0 Å². The number of aryl methyl sites for hydroxylation is 2. The smallest absolute Gasteiger partial charge is 0.269 e. The first kappa shape index (κ1) is 19.6. The number of H-pyrrole nitrogens is 2. The Bertz CT molecular complexity index is 1270. The number of nitrogens with one attached hydrogen (secondary N) is 3. The van der Waals surface area contributed by atoms with Gasteiger partial charge in [-0.2, -0.15) is 10.2 Å². The van der Waals surface area contributed by atoms with Crippen LogP contribution in [0.25, 0.3) is 22.2 Å². The second-order valence-electron chi connectivity index (χ2n) is 8.73. The van der Waals surface area contributed by atoms with Crippen molar-refractivity contribution in [2.24, 2.45) is 0 Å². The molecule has 7 nitrogen and oxygen atoms in total. The molecule has 1 aromatic carbocycles. The minimum absolute atomic E-state index is 0.0254. The van der Waals surface area contributed by atoms with Gasteiger partial charge in [-0.15, -0.1) is 0 Å². The number of aromatic nitrogens is 5. The number of carbonyl (C=O) groups excluding carboxylic acids is 1. The third-order valence-corrected chi connectivity index (χ3v) is 6.31. The molecule has 1 aliphatic carbocycles. The van der Waals surface area contributed by atoms with Crippen LogP contribution in [0.4, 0.5) is 0 Å². The van der Waals surface area contributed by atoms with Crippen molar-refractivity contribution in [3.8, 4) is 11.3 Å². The van der Waals surface area contributed by atoms with Crippen molar-refractivity contribution < 1.29 is 4.79 Å². The Balaban J connectivity index is 1.41. The second-order valence-corrected chi connectivity index (χ2v) is 8.73. The van der Waals surface area contributed by atoms with E-state index in [1.54, 1.807) is 0 Å². The maximum Gasteiger partial charge on any atom is 0.269 e. The number of benzene rings is 1. The second kappa shape index (κ2) is 7.41. The van der Waals surface area contributed by atoms with Crippen LogP contribution in [0, 0.1) is 13.8 Å². The average molecular weight is 417 g/mol. The van der Waals surface area contributed by atoms with Crippen molar-refractivity contribution in [3.05, 3.63) is 58.7 Å². The van der Waals surface area contributed by atoms with Crippen molar-refractivity contribution in [3.63, 3.8) is 0 Å². The molecule has 160 valence electrons. The topological polar surface area (TPSA) is 91.4 Å². The van der Waals surface area contributed by atoms with E-state index in [1.807, 2.05) is 30.7 Å². The van der Waals surface area contributed by atoms with E-state index >= 15 is 0 Å². The quantitative estimate of drug-likeness (QED) is 0.448. The number of amides is 1. The molecule has 3 heterocycles. The third kappa shape index (κ3) is 3.24. The summed E-state index contributed by atoms with van der Waals surface area (Å²) in [6.45, 7) is 8.24. The maximum absolute atomic E-state index is 13.0. The lowest BCUT2D eigenvalue weighted by Crippen LogP contribution is -2.31. The molecule has 3 aromatic heterocycles. The van der Waals surface area contributed by atoms with E-state index in [1.165, 1.54) is 10.9 Å². The highest BCUT2D eigenvalue weighted by Crippen LogP contribution is 2.35. The fourth-order valence-electron chi connectivity index (χ4n) is 4.90. The third-order valence-electron chi connectivity index (χ3n) is 6.31. The van der Waals surface area contributed by atoms with E-state index in [9.17, 15) is 4.79 Å². The zero-order chi connectivity index (χ0) is 21.7. The van der Waals surface area contributed by atoms with Crippen molar-refractivity contribution >= 4 is 16.8 Å². The van der Waals surface area contributed by atoms with Crippen LogP contribution in [0.15, 0.2) is 30.3 Å². The Morgan fingerprint density at radius 3 is 2.84 bits per heavy atom. The molecule has 4 aromatic rings. The van der Waals surface area contributed by atoms with E-state index in [4.69, 9.17) is 0 Å². The van der Waals surface area contributed by atoms with Crippen LogP contribution in [0.2, 0.25) is 0 Å². The number of fused-ring (bicyclic) bond motifs is 3. The van der Waals surface area contributed by atoms with E-state index in [2.05, 4.69) is 57.6 Å². The summed E-state index contributed by atoms with van der Waals surface area (Å²) >= 11 is 0. The Kier molecular flexibility index (Phi) is 4.68. The number of rotatable bonds is 4. The molecule has 3 N–H and O–H groups in total. The first-order chi connectivity index (χ1) is 14.9. The zero-order valence-corrected chi connectivity index (χ0v) is 18.4. The van der Waals surface area contributed by atoms with E-state index in [0.717, 1.165) is 53.1 Å². The van der Waals surface area contributed by atoms with Gasteiger partial charge in [0.15, 0.2) is 0 Å². The van der Waals surface area contributed by atoms with Gasteiger partial charge in [0.05, 0.1) is 17.4 Å². The number of aromatic amines is 2. The predicted octanol–water partition coefficient (Wildman–Crippen LogP) is 4.76. The normalized spacial score (nSPS) is 16.1. The molecule has 5 rings (SSSR count). The molecular formula is C24H28N6O. The molecule has 0 spiro atoms. The largest absolute Gasteiger partial charge is 0.356 e. The Morgan fingerprint density at radius 1 is 1.26 bits per heavy atom. The molecule has 1 atom stereocenters. The fourth-order valence-corrected chi connectivity index (χ4v) is 4.90. The van der Waals surface area contributed by atoms with Gasteiger partial charge in [-0.3, -0.25) is 14.6 Å². The van der Waals surface area contributed by atoms with Gasteiger partial charge in [0.25, 0.3) is 5.91 Å². The lowest BCUT2D eigenvalue weighted by molar-refractivity contribution is 0.0927. The highest BCUT2D eigenvalue weighted by molar-refractivity contribution is 5.94. The van der Waals surface area contributed by atoms with Crippen molar-refractivity contribution in [2.45, 2.75) is 59.0 Å². The van der Waals surface area contributed by atoms with Crippen molar-refractivity contribution in [2.75, 3.05) is 0 Å². The van der Waals surface area contributed by atoms with Gasteiger partial charge < -0.3 is 10.3 Å². The molecule has 0 saturated carbocycles. The fraction of sp³-hybridized carbons (Fsp3) is 0.375. The summed E-state index contributed by atoms with van der Waals surface area (Å²) in [4.78, 5) is 16.6. The summed E-state index contributed by atoms with van der Waals surface area (Å²) in [6, 6.07) is 10.4. The number of nitrogens with zero attached hydrogens (tertiary/aromatic N) is 3. The molecular weight excluding hydrogens is 388 g/mol. The highest BCUT2D eigenvalue weighted by atomic mass is 16.2. The predicted molar refractivity (Wildman–Crippen MR) is 121 cm³/mol. The van der Waals surface area contributed by atoms with Crippen LogP contribution >= 0.6 is 0 Å². The summed E-state index contributed by atoms with van der Waals surface area (Å²) in [5.74, 6) is -0.137. The number of carbonyl (C=O) groups is 1. The molecule has 0 bridgehead atoms. The summed E-state index contributed by atoms with van der Waals surface area (Å²) in [7, 11) is 0. The Hall–Kier alpha value is -3.35. The number of hydrogen-bond donors (Lipinski definition) is 3. The molecule has 0 radical (unpaired) electrons. The van der Waals surface area contributed by atoms with Crippen LogP contribution in [0.5, 0.6) is 0 Å². The Labute approximate surface area is 181 Å². The van der Waals surface area contributed by atoms with Crippen LogP contribution in [0.1, 0.15) is 71.9 Å². The summed E-state index contributed by atoms with van der Waals surface area (Å²) < 4.78 is 2.00. The molecule has 0 aliphatic heterocycles. The monoisotopic (exact) mass is 416 g/mol. The molecule has 0 fully saturated rings. The first-order valence-corrected chi connectivity index (χ1v) is 11.0. The van der Waals surface area contributed by atoms with Crippen LogP contribution in [0.3, 0.4) is 0 Å². The van der Waals surface area contributed by atoms with Crippen LogP contribution < -0.4 is 5.32 Å². The van der Waals surface area contributed by atoms with E-state index < -0.39 is 0 Å². The van der Waals surface area contributed by atoms with Gasteiger partial charge >= 0.3 is 0 Å². The number of hydrogen-bond acceptors (Lipinski definition) is 3. The van der Waals surface area contributed by atoms with Crippen LogP contribution in [-0.2, 0) is 6.42 Å². The van der Waals surface area contributed by atoms with E-state index in [0.29, 0.717) is 5.69 Å². The van der Waals surface area contributed by atoms with Crippen LogP contribution in [-0.4, -0.2) is 30.9 Å².